The molecule has 1 fully saturated rings. The number of thioether (sulfide) groups is 1. The quantitative estimate of drug-likeness (QED) is 0.771. The molecule has 0 aromatic carbocycles. The lowest BCUT2D eigenvalue weighted by Gasteiger charge is -2.27. The molecular formula is C10H18N2O3S. The third-order valence-electron chi connectivity index (χ3n) is 2.42. The Morgan fingerprint density at radius 2 is 2.06 bits per heavy atom. The van der Waals surface area contributed by atoms with E-state index in [1.54, 1.807) is 4.90 Å². The predicted octanol–water partition coefficient (Wildman–Crippen LogP) is 0.856. The van der Waals surface area contributed by atoms with Crippen LogP contribution >= 0.6 is 11.8 Å². The van der Waals surface area contributed by atoms with E-state index >= 15 is 0 Å². The third-order valence-corrected chi connectivity index (χ3v) is 3.37. The fraction of sp³-hybridized carbons (Fsp3) is 0.800. The SMILES string of the molecule is CC(CNC(=O)N1CCSCC1)CC(=O)O. The average molecular weight is 246 g/mol. The van der Waals surface area contributed by atoms with Gasteiger partial charge in [0.05, 0.1) is 0 Å². The normalized spacial score (nSPS) is 17.9. The zero-order chi connectivity index (χ0) is 12.0. The van der Waals surface area contributed by atoms with Gasteiger partial charge >= 0.3 is 12.0 Å². The maximum absolute atomic E-state index is 11.6. The third kappa shape index (κ3) is 4.74. The molecule has 0 bridgehead atoms. The summed E-state index contributed by atoms with van der Waals surface area (Å²) in [7, 11) is 0. The van der Waals surface area contributed by atoms with Crippen molar-refractivity contribution in [2.75, 3.05) is 31.1 Å². The van der Waals surface area contributed by atoms with Gasteiger partial charge in [-0.25, -0.2) is 4.79 Å². The molecule has 0 aliphatic carbocycles. The van der Waals surface area contributed by atoms with Crippen molar-refractivity contribution in [2.24, 2.45) is 5.92 Å². The van der Waals surface area contributed by atoms with Gasteiger partial charge in [-0.3, -0.25) is 4.79 Å². The van der Waals surface area contributed by atoms with Crippen LogP contribution in [0.15, 0.2) is 0 Å². The van der Waals surface area contributed by atoms with Crippen molar-refractivity contribution in [3.05, 3.63) is 0 Å². The minimum Gasteiger partial charge on any atom is -0.481 e. The molecule has 1 rings (SSSR count). The molecular weight excluding hydrogens is 228 g/mol. The molecule has 0 spiro atoms. The van der Waals surface area contributed by atoms with Crippen LogP contribution in [-0.2, 0) is 4.79 Å². The Morgan fingerprint density at radius 1 is 1.44 bits per heavy atom. The van der Waals surface area contributed by atoms with Crippen LogP contribution in [0.5, 0.6) is 0 Å². The number of aliphatic carboxylic acids is 1. The number of hydrogen-bond donors (Lipinski definition) is 2. The monoisotopic (exact) mass is 246 g/mol. The molecule has 6 heteroatoms. The van der Waals surface area contributed by atoms with E-state index in [9.17, 15) is 9.59 Å². The van der Waals surface area contributed by atoms with Gasteiger partial charge < -0.3 is 15.3 Å². The molecule has 2 N–H and O–H groups in total. The van der Waals surface area contributed by atoms with Crippen molar-refractivity contribution in [1.29, 1.82) is 0 Å². The first kappa shape index (κ1) is 13.2. The molecule has 0 radical (unpaired) electrons. The number of nitrogens with one attached hydrogen (secondary N) is 1. The lowest BCUT2D eigenvalue weighted by atomic mass is 10.1. The Morgan fingerprint density at radius 3 is 2.62 bits per heavy atom. The van der Waals surface area contributed by atoms with Gasteiger partial charge in [-0.1, -0.05) is 6.92 Å². The average Bonchev–Trinajstić information content (AvgIpc) is 2.26. The smallest absolute Gasteiger partial charge is 0.317 e. The standard InChI is InChI=1S/C10H18N2O3S/c1-8(6-9(13)14)7-11-10(15)12-2-4-16-5-3-12/h8H,2-7H2,1H3,(H,11,15)(H,13,14). The second-order valence-corrected chi connectivity index (χ2v) is 5.21. The largest absolute Gasteiger partial charge is 0.481 e. The molecule has 5 nitrogen and oxygen atoms in total. The fourth-order valence-electron chi connectivity index (χ4n) is 1.51. The first-order valence-corrected chi connectivity index (χ1v) is 6.57. The van der Waals surface area contributed by atoms with Gasteiger partial charge in [0.2, 0.25) is 0 Å². The Labute approximate surface area is 99.6 Å². The summed E-state index contributed by atoms with van der Waals surface area (Å²) in [5.41, 5.74) is 0. The van der Waals surface area contributed by atoms with Crippen LogP contribution < -0.4 is 5.32 Å². The van der Waals surface area contributed by atoms with Gasteiger partial charge in [0.15, 0.2) is 0 Å². The Balaban J connectivity index is 2.20. The van der Waals surface area contributed by atoms with Crippen LogP contribution in [0.3, 0.4) is 0 Å². The molecule has 1 unspecified atom stereocenters. The van der Waals surface area contributed by atoms with Gasteiger partial charge in [0.25, 0.3) is 0 Å². The summed E-state index contributed by atoms with van der Waals surface area (Å²) >= 11 is 1.85. The van der Waals surface area contributed by atoms with Gasteiger partial charge in [-0.15, -0.1) is 0 Å². The van der Waals surface area contributed by atoms with Gasteiger partial charge in [-0.05, 0) is 5.92 Å². The van der Waals surface area contributed by atoms with E-state index in [2.05, 4.69) is 5.32 Å². The summed E-state index contributed by atoms with van der Waals surface area (Å²) in [6, 6.07) is -0.0717. The molecule has 0 aromatic heterocycles. The summed E-state index contributed by atoms with van der Waals surface area (Å²) in [6.07, 6.45) is 0.0934. The Kier molecular flexibility index (Phi) is 5.45. The predicted molar refractivity (Wildman–Crippen MR) is 63.7 cm³/mol. The second kappa shape index (κ2) is 6.62. The van der Waals surface area contributed by atoms with E-state index < -0.39 is 5.97 Å². The molecule has 0 aromatic rings. The van der Waals surface area contributed by atoms with Crippen LogP contribution in [0, 0.1) is 5.92 Å². The maximum Gasteiger partial charge on any atom is 0.317 e. The number of amides is 2. The van der Waals surface area contributed by atoms with Crippen molar-refractivity contribution in [1.82, 2.24) is 10.2 Å². The molecule has 92 valence electrons. The fourth-order valence-corrected chi connectivity index (χ4v) is 2.41. The number of hydrogen-bond acceptors (Lipinski definition) is 3. The lowest BCUT2D eigenvalue weighted by molar-refractivity contribution is -0.137. The van der Waals surface area contributed by atoms with E-state index in [4.69, 9.17) is 5.11 Å². The topological polar surface area (TPSA) is 69.6 Å². The summed E-state index contributed by atoms with van der Waals surface area (Å²) in [4.78, 5) is 23.9. The summed E-state index contributed by atoms with van der Waals surface area (Å²) in [5, 5.41) is 11.3. The van der Waals surface area contributed by atoms with Crippen LogP contribution in [0.4, 0.5) is 4.79 Å². The highest BCUT2D eigenvalue weighted by atomic mass is 32.2. The molecule has 1 atom stereocenters. The minimum atomic E-state index is -0.823. The van der Waals surface area contributed by atoms with E-state index in [0.29, 0.717) is 6.54 Å². The van der Waals surface area contributed by atoms with E-state index in [0.717, 1.165) is 24.6 Å². The van der Waals surface area contributed by atoms with E-state index in [-0.39, 0.29) is 18.4 Å². The number of nitrogens with zero attached hydrogens (tertiary/aromatic N) is 1. The molecule has 2 amide bonds. The highest BCUT2D eigenvalue weighted by Gasteiger charge is 2.17. The molecule has 1 aliphatic heterocycles. The van der Waals surface area contributed by atoms with Gasteiger partial charge in [0, 0.05) is 37.6 Å². The number of carbonyl (C=O) groups excluding carboxylic acids is 1. The van der Waals surface area contributed by atoms with Crippen LogP contribution in [0.1, 0.15) is 13.3 Å². The molecule has 1 saturated heterocycles. The van der Waals surface area contributed by atoms with Crippen molar-refractivity contribution < 1.29 is 14.7 Å². The number of carboxylic acid groups (broad SMARTS) is 1. The van der Waals surface area contributed by atoms with Gasteiger partial charge in [0.1, 0.15) is 0 Å². The first-order chi connectivity index (χ1) is 7.59. The van der Waals surface area contributed by atoms with Crippen molar-refractivity contribution in [3.8, 4) is 0 Å². The zero-order valence-electron chi connectivity index (χ0n) is 9.44. The summed E-state index contributed by atoms with van der Waals surface area (Å²) < 4.78 is 0. The summed E-state index contributed by atoms with van der Waals surface area (Å²) in [5.74, 6) is 1.12. The van der Waals surface area contributed by atoms with Crippen LogP contribution in [0.25, 0.3) is 0 Å². The number of carbonyl (C=O) groups is 2. The lowest BCUT2D eigenvalue weighted by Crippen LogP contribution is -2.45. The van der Waals surface area contributed by atoms with Crippen molar-refractivity contribution in [2.45, 2.75) is 13.3 Å². The number of rotatable bonds is 4. The number of urea groups is 1. The molecule has 1 aliphatic rings. The van der Waals surface area contributed by atoms with Gasteiger partial charge in [-0.2, -0.15) is 11.8 Å². The molecule has 1 heterocycles. The highest BCUT2D eigenvalue weighted by molar-refractivity contribution is 7.99. The molecule has 0 saturated carbocycles. The number of carboxylic acids is 1. The van der Waals surface area contributed by atoms with Crippen LogP contribution in [0.2, 0.25) is 0 Å². The van der Waals surface area contributed by atoms with Crippen molar-refractivity contribution >= 4 is 23.8 Å². The minimum absolute atomic E-state index is 0.0272. The van der Waals surface area contributed by atoms with E-state index in [1.807, 2.05) is 18.7 Å². The van der Waals surface area contributed by atoms with Crippen LogP contribution in [-0.4, -0.2) is 53.1 Å². The highest BCUT2D eigenvalue weighted by Crippen LogP contribution is 2.09. The van der Waals surface area contributed by atoms with Crippen molar-refractivity contribution in [3.63, 3.8) is 0 Å². The first-order valence-electron chi connectivity index (χ1n) is 5.42. The van der Waals surface area contributed by atoms with E-state index in [1.165, 1.54) is 0 Å². The Hall–Kier alpha value is -0.910. The molecule has 16 heavy (non-hydrogen) atoms. The second-order valence-electron chi connectivity index (χ2n) is 3.99. The zero-order valence-corrected chi connectivity index (χ0v) is 10.3. The summed E-state index contributed by atoms with van der Waals surface area (Å²) in [6.45, 7) is 3.81. The maximum atomic E-state index is 11.6. The Bertz CT molecular complexity index is 254.